The quantitative estimate of drug-likeness (QED) is 0.637. The molecule has 10 heteroatoms. The van der Waals surface area contributed by atoms with Crippen molar-refractivity contribution < 1.29 is 27.5 Å². The minimum absolute atomic E-state index is 0.0576. The zero-order valence-electron chi connectivity index (χ0n) is 16.0. The second-order valence-electron chi connectivity index (χ2n) is 7.40. The van der Waals surface area contributed by atoms with Crippen LogP contribution in [0.4, 0.5) is 5.69 Å². The molecule has 3 aliphatic rings. The van der Waals surface area contributed by atoms with Crippen LogP contribution in [0.15, 0.2) is 29.2 Å². The van der Waals surface area contributed by atoms with E-state index in [1.165, 1.54) is 21.6 Å². The van der Waals surface area contributed by atoms with Crippen molar-refractivity contribution in [3.05, 3.63) is 24.3 Å². The minimum Gasteiger partial charge on any atom is -0.453 e. The predicted octanol–water partition coefficient (Wildman–Crippen LogP) is 1.19. The predicted molar refractivity (Wildman–Crippen MR) is 107 cm³/mol. The van der Waals surface area contributed by atoms with Gasteiger partial charge in [0.2, 0.25) is 5.91 Å². The monoisotopic (exact) mass is 438 g/mol. The van der Waals surface area contributed by atoms with E-state index in [1.54, 1.807) is 13.0 Å². The molecule has 2 atom stereocenters. The molecule has 3 aliphatic heterocycles. The Bertz CT molecular complexity index is 979. The largest absolute Gasteiger partial charge is 0.453 e. The average molecular weight is 439 g/mol. The summed E-state index contributed by atoms with van der Waals surface area (Å²) in [4.78, 5) is 40.7. The van der Waals surface area contributed by atoms with Gasteiger partial charge in [0.1, 0.15) is 0 Å². The number of hydrogen-bond donors (Lipinski definition) is 0. The fourth-order valence-electron chi connectivity index (χ4n) is 4.25. The smallest absolute Gasteiger partial charge is 0.344 e. The second-order valence-corrected chi connectivity index (χ2v) is 10.9. The number of carbonyl (C=O) groups is 3. The SMILES string of the molecule is CCN(C(=O)COC(=O)[C@]12CCC(=O)N1c1ccccc1S2)[C@@H]1CCS(=O)(=O)C1. The molecule has 2 saturated heterocycles. The lowest BCUT2D eigenvalue weighted by molar-refractivity contribution is -0.154. The lowest BCUT2D eigenvalue weighted by atomic mass is 10.2. The number of anilines is 1. The number of ether oxygens (including phenoxy) is 1. The van der Waals surface area contributed by atoms with Crippen LogP contribution in [0.25, 0.3) is 0 Å². The number of carbonyl (C=O) groups excluding carboxylic acids is 3. The zero-order valence-corrected chi connectivity index (χ0v) is 17.6. The number of likely N-dealkylation sites (N-methyl/N-ethyl adjacent to an activating group) is 1. The lowest BCUT2D eigenvalue weighted by Crippen LogP contribution is -2.49. The second kappa shape index (κ2) is 7.32. The number of para-hydroxylation sites is 1. The summed E-state index contributed by atoms with van der Waals surface area (Å²) in [5.41, 5.74) is 0.689. The van der Waals surface area contributed by atoms with Crippen molar-refractivity contribution in [1.29, 1.82) is 0 Å². The molecule has 0 bridgehead atoms. The third-order valence-corrected chi connectivity index (χ3v) is 8.84. The summed E-state index contributed by atoms with van der Waals surface area (Å²) in [5, 5.41) is 0. The van der Waals surface area contributed by atoms with Gasteiger partial charge >= 0.3 is 5.97 Å². The van der Waals surface area contributed by atoms with E-state index in [-0.39, 0.29) is 29.9 Å². The molecular formula is C19H22N2O6S2. The Morgan fingerprint density at radius 1 is 1.34 bits per heavy atom. The Hall–Kier alpha value is -2.07. The number of amides is 2. The highest BCUT2D eigenvalue weighted by atomic mass is 32.2. The molecular weight excluding hydrogens is 416 g/mol. The maximum absolute atomic E-state index is 13.0. The van der Waals surface area contributed by atoms with Crippen molar-refractivity contribution in [2.45, 2.75) is 42.0 Å². The number of sulfone groups is 1. The van der Waals surface area contributed by atoms with Gasteiger partial charge in [0, 0.05) is 30.3 Å². The number of thioether (sulfide) groups is 1. The van der Waals surface area contributed by atoms with E-state index in [0.29, 0.717) is 25.1 Å². The van der Waals surface area contributed by atoms with E-state index in [4.69, 9.17) is 4.74 Å². The van der Waals surface area contributed by atoms with Gasteiger partial charge in [-0.05, 0) is 25.5 Å². The van der Waals surface area contributed by atoms with Gasteiger partial charge < -0.3 is 9.64 Å². The van der Waals surface area contributed by atoms with Crippen LogP contribution in [0, 0.1) is 0 Å². The van der Waals surface area contributed by atoms with Crippen LogP contribution in [0.3, 0.4) is 0 Å². The van der Waals surface area contributed by atoms with E-state index in [2.05, 4.69) is 0 Å². The van der Waals surface area contributed by atoms with Crippen LogP contribution < -0.4 is 4.90 Å². The average Bonchev–Trinajstić information content (AvgIpc) is 3.32. The van der Waals surface area contributed by atoms with Crippen LogP contribution in [-0.2, 0) is 29.0 Å². The fourth-order valence-corrected chi connectivity index (χ4v) is 7.40. The molecule has 0 saturated carbocycles. The third kappa shape index (κ3) is 3.42. The molecule has 0 unspecified atom stereocenters. The topological polar surface area (TPSA) is 101 Å². The van der Waals surface area contributed by atoms with Crippen LogP contribution in [0.5, 0.6) is 0 Å². The van der Waals surface area contributed by atoms with Gasteiger partial charge in [-0.25, -0.2) is 13.2 Å². The molecule has 0 aromatic heterocycles. The van der Waals surface area contributed by atoms with Crippen molar-refractivity contribution in [2.75, 3.05) is 29.6 Å². The van der Waals surface area contributed by atoms with Crippen molar-refractivity contribution in [1.82, 2.24) is 4.90 Å². The van der Waals surface area contributed by atoms with Gasteiger partial charge in [-0.3, -0.25) is 14.5 Å². The number of esters is 1. The van der Waals surface area contributed by atoms with Gasteiger partial charge in [-0.2, -0.15) is 0 Å². The van der Waals surface area contributed by atoms with E-state index in [1.807, 2.05) is 18.2 Å². The number of rotatable bonds is 5. The Morgan fingerprint density at radius 2 is 2.10 bits per heavy atom. The zero-order chi connectivity index (χ0) is 20.8. The summed E-state index contributed by atoms with van der Waals surface area (Å²) in [6.07, 6.45) is 0.954. The molecule has 0 N–H and O–H groups in total. The van der Waals surface area contributed by atoms with Crippen molar-refractivity contribution in [2.24, 2.45) is 0 Å². The number of fused-ring (bicyclic) bond motifs is 3. The molecule has 4 rings (SSSR count). The summed E-state index contributed by atoms with van der Waals surface area (Å²) in [6.45, 7) is 1.64. The normalized spacial score (nSPS) is 26.9. The summed E-state index contributed by atoms with van der Waals surface area (Å²) in [5.74, 6) is -1.17. The minimum atomic E-state index is -3.13. The van der Waals surface area contributed by atoms with Crippen LogP contribution in [-0.4, -0.2) is 66.7 Å². The van der Waals surface area contributed by atoms with E-state index in [9.17, 15) is 22.8 Å². The lowest BCUT2D eigenvalue weighted by Gasteiger charge is -2.30. The molecule has 0 radical (unpaired) electrons. The van der Waals surface area contributed by atoms with Crippen molar-refractivity contribution >= 4 is 45.1 Å². The molecule has 1 aromatic carbocycles. The Morgan fingerprint density at radius 3 is 2.79 bits per heavy atom. The molecule has 0 aliphatic carbocycles. The molecule has 3 heterocycles. The molecule has 2 amide bonds. The van der Waals surface area contributed by atoms with Crippen molar-refractivity contribution in [3.63, 3.8) is 0 Å². The number of nitrogens with zero attached hydrogens (tertiary/aromatic N) is 2. The van der Waals surface area contributed by atoms with Gasteiger partial charge in [0.05, 0.1) is 17.2 Å². The van der Waals surface area contributed by atoms with E-state index >= 15 is 0 Å². The van der Waals surface area contributed by atoms with Gasteiger partial charge in [0.15, 0.2) is 21.3 Å². The Balaban J connectivity index is 1.46. The number of benzene rings is 1. The molecule has 8 nitrogen and oxygen atoms in total. The first-order valence-electron chi connectivity index (χ1n) is 9.55. The summed E-state index contributed by atoms with van der Waals surface area (Å²) < 4.78 is 28.8. The highest BCUT2D eigenvalue weighted by molar-refractivity contribution is 8.02. The molecule has 2 fully saturated rings. The summed E-state index contributed by atoms with van der Waals surface area (Å²) in [6, 6.07) is 6.92. The molecule has 29 heavy (non-hydrogen) atoms. The van der Waals surface area contributed by atoms with E-state index < -0.39 is 33.2 Å². The first-order chi connectivity index (χ1) is 13.8. The number of hydrogen-bond acceptors (Lipinski definition) is 7. The highest BCUT2D eigenvalue weighted by Gasteiger charge is 2.58. The van der Waals surface area contributed by atoms with E-state index in [0.717, 1.165) is 4.90 Å². The molecule has 0 spiro atoms. The molecule has 156 valence electrons. The molecule has 1 aromatic rings. The standard InChI is InChI=1S/C19H22N2O6S2/c1-2-20(13-8-10-29(25,26)12-13)17(23)11-27-18(24)19-9-7-16(22)21(19)14-5-3-4-6-15(14)28-19/h3-6,13H,2,7-12H2,1H3/t13-,19-/m1/s1. The summed E-state index contributed by atoms with van der Waals surface area (Å²) in [7, 11) is -3.13. The fraction of sp³-hybridized carbons (Fsp3) is 0.526. The third-order valence-electron chi connectivity index (χ3n) is 5.63. The maximum Gasteiger partial charge on any atom is 0.344 e. The first kappa shape index (κ1) is 20.2. The Labute approximate surface area is 173 Å². The van der Waals surface area contributed by atoms with Gasteiger partial charge in [-0.1, -0.05) is 23.9 Å². The first-order valence-corrected chi connectivity index (χ1v) is 12.2. The van der Waals surface area contributed by atoms with Crippen LogP contribution in [0.1, 0.15) is 26.2 Å². The van der Waals surface area contributed by atoms with Crippen LogP contribution in [0.2, 0.25) is 0 Å². The Kier molecular flexibility index (Phi) is 5.10. The summed E-state index contributed by atoms with van der Waals surface area (Å²) >= 11 is 1.28. The van der Waals surface area contributed by atoms with Gasteiger partial charge in [0.25, 0.3) is 5.91 Å². The van der Waals surface area contributed by atoms with Crippen molar-refractivity contribution in [3.8, 4) is 0 Å². The maximum atomic E-state index is 13.0. The van der Waals surface area contributed by atoms with Gasteiger partial charge in [-0.15, -0.1) is 0 Å². The highest BCUT2D eigenvalue weighted by Crippen LogP contribution is 2.56. The van der Waals surface area contributed by atoms with Crippen LogP contribution >= 0.6 is 11.8 Å².